The summed E-state index contributed by atoms with van der Waals surface area (Å²) in [7, 11) is 0. The van der Waals surface area contributed by atoms with Crippen LogP contribution in [0.3, 0.4) is 0 Å². The molecular formula is C22H26N4O8. The van der Waals surface area contributed by atoms with Crippen molar-refractivity contribution in [1.29, 1.82) is 0 Å². The van der Waals surface area contributed by atoms with E-state index in [-0.39, 0.29) is 35.3 Å². The Hall–Kier alpha value is -4.16. The molecule has 2 aromatic carbocycles. The Labute approximate surface area is 194 Å². The largest absolute Gasteiger partial charge is 0.506 e. The standard InChI is InChI=1S/C22H26N4O8/c23-7-10-26(11-8-24-19(29)13-3-1-5-15(17(13)27)21(31)32)12-9-25-20(30)14-4-2-6-16(18(14)28)22(33)34/h1-6,27-28H,7-12,23H2,(H,24,29)(H,25,30)(H,31,32)(H,33,34). The molecule has 2 aromatic rings. The van der Waals surface area contributed by atoms with Crippen LogP contribution in [0, 0.1) is 0 Å². The number of nitrogens with two attached hydrogens (primary N) is 1. The molecule has 0 bridgehead atoms. The number of phenols is 2. The molecule has 2 amide bonds. The summed E-state index contributed by atoms with van der Waals surface area (Å²) in [5.41, 5.74) is 4.52. The van der Waals surface area contributed by atoms with Crippen molar-refractivity contribution in [2.45, 2.75) is 0 Å². The first-order valence-corrected chi connectivity index (χ1v) is 10.3. The Morgan fingerprint density at radius 2 is 1.09 bits per heavy atom. The number of nitrogens with one attached hydrogen (secondary N) is 2. The van der Waals surface area contributed by atoms with Gasteiger partial charge in [0.2, 0.25) is 0 Å². The lowest BCUT2D eigenvalue weighted by atomic mass is 10.1. The summed E-state index contributed by atoms with van der Waals surface area (Å²) in [6.45, 7) is 1.77. The van der Waals surface area contributed by atoms with Crippen molar-refractivity contribution in [3.05, 3.63) is 58.7 Å². The van der Waals surface area contributed by atoms with E-state index < -0.39 is 35.3 Å². The Bertz CT molecular complexity index is 991. The minimum Gasteiger partial charge on any atom is -0.506 e. The van der Waals surface area contributed by atoms with Gasteiger partial charge in [0, 0.05) is 39.3 Å². The van der Waals surface area contributed by atoms with Gasteiger partial charge in [-0.3, -0.25) is 14.5 Å². The fraction of sp³-hybridized carbons (Fsp3) is 0.273. The van der Waals surface area contributed by atoms with Gasteiger partial charge in [0.25, 0.3) is 11.8 Å². The highest BCUT2D eigenvalue weighted by molar-refractivity contribution is 6.02. The zero-order valence-electron chi connectivity index (χ0n) is 18.2. The van der Waals surface area contributed by atoms with Gasteiger partial charge in [-0.1, -0.05) is 12.1 Å². The molecule has 12 heteroatoms. The number of aromatic carboxylic acids is 2. The van der Waals surface area contributed by atoms with E-state index in [1.807, 2.05) is 4.90 Å². The molecule has 0 spiro atoms. The second kappa shape index (κ2) is 12.2. The quantitative estimate of drug-likeness (QED) is 0.218. The van der Waals surface area contributed by atoms with Gasteiger partial charge >= 0.3 is 11.9 Å². The first-order chi connectivity index (χ1) is 16.2. The van der Waals surface area contributed by atoms with Crippen molar-refractivity contribution >= 4 is 23.8 Å². The number of carbonyl (C=O) groups excluding carboxylic acids is 2. The van der Waals surface area contributed by atoms with Crippen LogP contribution < -0.4 is 16.4 Å². The number of para-hydroxylation sites is 2. The molecule has 0 saturated heterocycles. The smallest absolute Gasteiger partial charge is 0.339 e. The van der Waals surface area contributed by atoms with E-state index in [0.717, 1.165) is 0 Å². The third kappa shape index (κ3) is 6.67. The predicted octanol–water partition coefficient (Wildman–Crippen LogP) is -0.0853. The molecule has 0 fully saturated rings. The summed E-state index contributed by atoms with van der Waals surface area (Å²) in [5.74, 6) is -5.24. The molecular weight excluding hydrogens is 448 g/mol. The summed E-state index contributed by atoms with van der Waals surface area (Å²) in [6, 6.07) is 7.68. The third-order valence-corrected chi connectivity index (χ3v) is 4.89. The Balaban J connectivity index is 1.89. The number of hydrogen-bond acceptors (Lipinski definition) is 8. The van der Waals surface area contributed by atoms with Crippen LogP contribution >= 0.6 is 0 Å². The molecule has 0 aliphatic carbocycles. The van der Waals surface area contributed by atoms with E-state index in [4.69, 9.17) is 15.9 Å². The highest BCUT2D eigenvalue weighted by atomic mass is 16.4. The minimum atomic E-state index is -1.36. The van der Waals surface area contributed by atoms with Crippen molar-refractivity contribution in [2.75, 3.05) is 39.3 Å². The molecule has 0 saturated carbocycles. The number of nitrogens with zero attached hydrogens (tertiary/aromatic N) is 1. The van der Waals surface area contributed by atoms with E-state index in [1.54, 1.807) is 0 Å². The first kappa shape index (κ1) is 26.1. The fourth-order valence-corrected chi connectivity index (χ4v) is 3.16. The molecule has 0 atom stereocenters. The van der Waals surface area contributed by atoms with Gasteiger partial charge in [0.1, 0.15) is 22.6 Å². The van der Waals surface area contributed by atoms with Crippen molar-refractivity contribution in [2.24, 2.45) is 5.73 Å². The maximum atomic E-state index is 12.3. The van der Waals surface area contributed by atoms with Crippen LogP contribution in [0.5, 0.6) is 11.5 Å². The number of hydrogen-bond donors (Lipinski definition) is 7. The Morgan fingerprint density at radius 3 is 1.44 bits per heavy atom. The second-order valence-electron chi connectivity index (χ2n) is 7.16. The second-order valence-corrected chi connectivity index (χ2v) is 7.16. The molecule has 8 N–H and O–H groups in total. The molecule has 34 heavy (non-hydrogen) atoms. The molecule has 0 heterocycles. The SMILES string of the molecule is NCCN(CCNC(=O)c1cccc(C(=O)O)c1O)CCNC(=O)c1cccc(C(=O)O)c1O. The molecule has 12 nitrogen and oxygen atoms in total. The van der Waals surface area contributed by atoms with E-state index in [0.29, 0.717) is 26.2 Å². The van der Waals surface area contributed by atoms with Gasteiger partial charge in [0.15, 0.2) is 0 Å². The summed E-state index contributed by atoms with van der Waals surface area (Å²) >= 11 is 0. The van der Waals surface area contributed by atoms with Crippen LogP contribution in [-0.2, 0) is 0 Å². The number of carboxylic acids is 2. The summed E-state index contributed by atoms with van der Waals surface area (Å²) < 4.78 is 0. The van der Waals surface area contributed by atoms with Gasteiger partial charge in [-0.05, 0) is 24.3 Å². The van der Waals surface area contributed by atoms with Crippen LogP contribution in [0.25, 0.3) is 0 Å². The molecule has 2 rings (SSSR count). The third-order valence-electron chi connectivity index (χ3n) is 4.89. The number of carboxylic acid groups (broad SMARTS) is 2. The highest BCUT2D eigenvalue weighted by Gasteiger charge is 2.19. The lowest BCUT2D eigenvalue weighted by Gasteiger charge is -2.22. The van der Waals surface area contributed by atoms with Crippen molar-refractivity contribution in [3.63, 3.8) is 0 Å². The monoisotopic (exact) mass is 474 g/mol. The van der Waals surface area contributed by atoms with Crippen LogP contribution in [0.1, 0.15) is 41.4 Å². The van der Waals surface area contributed by atoms with Gasteiger partial charge in [-0.2, -0.15) is 0 Å². The first-order valence-electron chi connectivity index (χ1n) is 10.3. The summed E-state index contributed by atoms with van der Waals surface area (Å²) in [6.07, 6.45) is 0. The van der Waals surface area contributed by atoms with Gasteiger partial charge in [-0.25, -0.2) is 9.59 Å². The number of carbonyl (C=O) groups is 4. The van der Waals surface area contributed by atoms with Crippen molar-refractivity contribution in [3.8, 4) is 11.5 Å². The van der Waals surface area contributed by atoms with E-state index in [2.05, 4.69) is 10.6 Å². The zero-order chi connectivity index (χ0) is 25.3. The summed E-state index contributed by atoms with van der Waals surface area (Å²) in [4.78, 5) is 48.7. The normalized spacial score (nSPS) is 10.6. The number of amides is 2. The van der Waals surface area contributed by atoms with Crippen molar-refractivity contribution in [1.82, 2.24) is 15.5 Å². The lowest BCUT2D eigenvalue weighted by Crippen LogP contribution is -2.41. The number of rotatable bonds is 12. The van der Waals surface area contributed by atoms with E-state index in [1.165, 1.54) is 36.4 Å². The Kier molecular flexibility index (Phi) is 9.35. The van der Waals surface area contributed by atoms with Crippen LogP contribution in [0.15, 0.2) is 36.4 Å². The molecule has 0 unspecified atom stereocenters. The van der Waals surface area contributed by atoms with Crippen LogP contribution in [-0.4, -0.2) is 88.3 Å². The Morgan fingerprint density at radius 1 is 0.706 bits per heavy atom. The predicted molar refractivity (Wildman–Crippen MR) is 120 cm³/mol. The summed E-state index contributed by atoms with van der Waals surface area (Å²) in [5, 5.41) is 43.3. The highest BCUT2D eigenvalue weighted by Crippen LogP contribution is 2.23. The molecule has 0 aromatic heterocycles. The molecule has 0 aliphatic rings. The average Bonchev–Trinajstić information content (AvgIpc) is 2.78. The van der Waals surface area contributed by atoms with Crippen LogP contribution in [0.4, 0.5) is 0 Å². The van der Waals surface area contributed by atoms with E-state index in [9.17, 15) is 29.4 Å². The zero-order valence-corrected chi connectivity index (χ0v) is 18.2. The number of aromatic hydroxyl groups is 2. The van der Waals surface area contributed by atoms with Gasteiger partial charge in [0.05, 0.1) is 11.1 Å². The molecule has 0 aliphatic heterocycles. The van der Waals surface area contributed by atoms with E-state index >= 15 is 0 Å². The van der Waals surface area contributed by atoms with Gasteiger partial charge < -0.3 is 36.8 Å². The molecule has 0 radical (unpaired) electrons. The average molecular weight is 474 g/mol. The maximum absolute atomic E-state index is 12.3. The van der Waals surface area contributed by atoms with Gasteiger partial charge in [-0.15, -0.1) is 0 Å². The lowest BCUT2D eigenvalue weighted by molar-refractivity contribution is 0.0682. The minimum absolute atomic E-state index is 0.158. The topological polar surface area (TPSA) is 203 Å². The number of benzene rings is 2. The van der Waals surface area contributed by atoms with Crippen molar-refractivity contribution < 1.29 is 39.6 Å². The fourth-order valence-electron chi connectivity index (χ4n) is 3.16. The maximum Gasteiger partial charge on any atom is 0.339 e. The molecule has 182 valence electrons. The van der Waals surface area contributed by atoms with Crippen LogP contribution in [0.2, 0.25) is 0 Å².